The third kappa shape index (κ3) is 2.35. The first kappa shape index (κ1) is 18.4. The SMILES string of the molecule is Cc1c(C2(c3ccc(N(C)C)cc3)OC(=O)c3ncccc32)c2ccccc2n1C. The molecule has 0 saturated carbocycles. The molecule has 1 aliphatic rings. The maximum atomic E-state index is 13.0. The third-order valence-electron chi connectivity index (χ3n) is 6.17. The minimum atomic E-state index is -1.05. The van der Waals surface area contributed by atoms with Crippen molar-refractivity contribution in [1.29, 1.82) is 0 Å². The lowest BCUT2D eigenvalue weighted by molar-refractivity contribution is 0.0251. The van der Waals surface area contributed by atoms with Crippen molar-refractivity contribution in [2.75, 3.05) is 19.0 Å². The highest BCUT2D eigenvalue weighted by atomic mass is 16.6. The Morgan fingerprint density at radius 3 is 2.47 bits per heavy atom. The van der Waals surface area contributed by atoms with Crippen molar-refractivity contribution in [2.45, 2.75) is 12.5 Å². The molecule has 2 aromatic carbocycles. The number of fused-ring (bicyclic) bond motifs is 2. The van der Waals surface area contributed by atoms with Crippen LogP contribution < -0.4 is 4.90 Å². The van der Waals surface area contributed by atoms with E-state index in [1.54, 1.807) is 6.20 Å². The Labute approximate surface area is 175 Å². The lowest BCUT2D eigenvalue weighted by atomic mass is 9.79. The van der Waals surface area contributed by atoms with Crippen molar-refractivity contribution < 1.29 is 9.53 Å². The summed E-state index contributed by atoms with van der Waals surface area (Å²) in [4.78, 5) is 19.4. The van der Waals surface area contributed by atoms with Crippen LogP contribution in [0.4, 0.5) is 5.69 Å². The Morgan fingerprint density at radius 2 is 1.73 bits per heavy atom. The van der Waals surface area contributed by atoms with E-state index in [9.17, 15) is 4.79 Å². The highest BCUT2D eigenvalue weighted by molar-refractivity contribution is 5.97. The first-order valence-electron chi connectivity index (χ1n) is 9.96. The molecule has 0 N–H and O–H groups in total. The fourth-order valence-corrected chi connectivity index (χ4v) is 4.60. The molecule has 5 rings (SSSR count). The van der Waals surface area contributed by atoms with E-state index in [0.717, 1.165) is 39.0 Å². The maximum Gasteiger partial charge on any atom is 0.358 e. The van der Waals surface area contributed by atoms with Crippen LogP contribution in [0.5, 0.6) is 0 Å². The number of para-hydroxylation sites is 1. The van der Waals surface area contributed by atoms with E-state index in [0.29, 0.717) is 5.69 Å². The van der Waals surface area contributed by atoms with Crippen LogP contribution in [0.2, 0.25) is 0 Å². The van der Waals surface area contributed by atoms with Gasteiger partial charge in [0.1, 0.15) is 0 Å². The van der Waals surface area contributed by atoms with Gasteiger partial charge < -0.3 is 14.2 Å². The van der Waals surface area contributed by atoms with Gasteiger partial charge in [-0.05, 0) is 31.2 Å². The third-order valence-corrected chi connectivity index (χ3v) is 6.17. The zero-order chi connectivity index (χ0) is 21.0. The summed E-state index contributed by atoms with van der Waals surface area (Å²) in [6.07, 6.45) is 1.64. The van der Waals surface area contributed by atoms with Crippen LogP contribution in [0.15, 0.2) is 66.9 Å². The average molecular weight is 397 g/mol. The summed E-state index contributed by atoms with van der Waals surface area (Å²) in [6, 6.07) is 20.3. The fourth-order valence-electron chi connectivity index (χ4n) is 4.60. The highest BCUT2D eigenvalue weighted by Crippen LogP contribution is 2.50. The van der Waals surface area contributed by atoms with Crippen molar-refractivity contribution in [3.8, 4) is 0 Å². The molecule has 5 nitrogen and oxygen atoms in total. The summed E-state index contributed by atoms with van der Waals surface area (Å²) >= 11 is 0. The summed E-state index contributed by atoms with van der Waals surface area (Å²) < 4.78 is 8.42. The van der Waals surface area contributed by atoms with Gasteiger partial charge in [0.25, 0.3) is 0 Å². The number of ether oxygens (including phenoxy) is 1. The predicted octanol–water partition coefficient (Wildman–Crippen LogP) is 4.41. The first-order valence-corrected chi connectivity index (χ1v) is 9.96. The second-order valence-corrected chi connectivity index (χ2v) is 7.95. The van der Waals surface area contributed by atoms with Crippen LogP contribution >= 0.6 is 0 Å². The van der Waals surface area contributed by atoms with Gasteiger partial charge in [-0.2, -0.15) is 0 Å². The molecule has 0 amide bonds. The Bertz CT molecular complexity index is 1290. The van der Waals surface area contributed by atoms with Gasteiger partial charge in [0.2, 0.25) is 0 Å². The molecule has 1 unspecified atom stereocenters. The number of benzene rings is 2. The minimum Gasteiger partial charge on any atom is -0.439 e. The van der Waals surface area contributed by atoms with E-state index in [-0.39, 0.29) is 0 Å². The van der Waals surface area contributed by atoms with Gasteiger partial charge in [-0.25, -0.2) is 9.78 Å². The fraction of sp³-hybridized carbons (Fsp3) is 0.200. The Hall–Kier alpha value is -3.60. The van der Waals surface area contributed by atoms with Crippen molar-refractivity contribution in [2.24, 2.45) is 7.05 Å². The molecule has 3 heterocycles. The topological polar surface area (TPSA) is 47.4 Å². The molecule has 0 spiro atoms. The molecule has 1 atom stereocenters. The number of aromatic nitrogens is 2. The van der Waals surface area contributed by atoms with Gasteiger partial charge in [0.15, 0.2) is 11.3 Å². The summed E-state index contributed by atoms with van der Waals surface area (Å²) in [7, 11) is 6.06. The predicted molar refractivity (Wildman–Crippen MR) is 118 cm³/mol. The number of cyclic esters (lactones) is 1. The monoisotopic (exact) mass is 397 g/mol. The van der Waals surface area contributed by atoms with Crippen molar-refractivity contribution in [1.82, 2.24) is 9.55 Å². The molecule has 0 radical (unpaired) electrons. The highest BCUT2D eigenvalue weighted by Gasteiger charge is 2.51. The summed E-state index contributed by atoms with van der Waals surface area (Å²) in [6.45, 7) is 2.08. The minimum absolute atomic E-state index is 0.376. The molecule has 0 saturated heterocycles. The molecule has 0 bridgehead atoms. The number of anilines is 1. The van der Waals surface area contributed by atoms with Crippen molar-refractivity contribution >= 4 is 22.6 Å². The largest absolute Gasteiger partial charge is 0.439 e. The summed E-state index contributed by atoms with van der Waals surface area (Å²) in [5, 5.41) is 1.07. The number of carbonyl (C=O) groups excluding carboxylic acids is 1. The van der Waals surface area contributed by atoms with E-state index < -0.39 is 11.6 Å². The van der Waals surface area contributed by atoms with E-state index in [4.69, 9.17) is 4.74 Å². The van der Waals surface area contributed by atoms with E-state index in [1.807, 2.05) is 57.5 Å². The number of hydrogen-bond donors (Lipinski definition) is 0. The molecule has 1 aliphatic heterocycles. The quantitative estimate of drug-likeness (QED) is 0.481. The summed E-state index contributed by atoms with van der Waals surface area (Å²) in [5.74, 6) is -0.394. The average Bonchev–Trinajstić information content (AvgIpc) is 3.20. The molecular weight excluding hydrogens is 374 g/mol. The van der Waals surface area contributed by atoms with Crippen molar-refractivity contribution in [3.05, 3.63) is 94.9 Å². The number of aryl methyl sites for hydroxylation is 1. The van der Waals surface area contributed by atoms with Crippen LogP contribution in [0.25, 0.3) is 10.9 Å². The molecule has 0 fully saturated rings. The second-order valence-electron chi connectivity index (χ2n) is 7.95. The van der Waals surface area contributed by atoms with Crippen LogP contribution in [0, 0.1) is 6.92 Å². The lowest BCUT2D eigenvalue weighted by Crippen LogP contribution is -2.30. The lowest BCUT2D eigenvalue weighted by Gasteiger charge is -2.31. The molecule has 4 aromatic rings. The number of nitrogens with zero attached hydrogens (tertiary/aromatic N) is 3. The Balaban J connectivity index is 1.89. The Morgan fingerprint density at radius 1 is 1.00 bits per heavy atom. The Kier molecular flexibility index (Phi) is 3.97. The number of esters is 1. The smallest absolute Gasteiger partial charge is 0.358 e. The molecule has 0 aliphatic carbocycles. The number of pyridine rings is 1. The normalized spacial score (nSPS) is 17.8. The van der Waals surface area contributed by atoms with Gasteiger partial charge in [0.05, 0.1) is 0 Å². The molecule has 30 heavy (non-hydrogen) atoms. The van der Waals surface area contributed by atoms with E-state index in [1.165, 1.54) is 0 Å². The van der Waals surface area contributed by atoms with Gasteiger partial charge in [-0.1, -0.05) is 36.4 Å². The number of carbonyl (C=O) groups is 1. The van der Waals surface area contributed by atoms with Crippen LogP contribution in [0.3, 0.4) is 0 Å². The molecule has 150 valence electrons. The van der Waals surface area contributed by atoms with Gasteiger partial charge >= 0.3 is 5.97 Å². The van der Waals surface area contributed by atoms with Crippen LogP contribution in [0.1, 0.15) is 32.9 Å². The molecule has 5 heteroatoms. The van der Waals surface area contributed by atoms with E-state index in [2.05, 4.69) is 45.6 Å². The van der Waals surface area contributed by atoms with Gasteiger partial charge in [-0.3, -0.25) is 0 Å². The van der Waals surface area contributed by atoms with Crippen LogP contribution in [-0.4, -0.2) is 29.6 Å². The number of rotatable bonds is 3. The second kappa shape index (κ2) is 6.46. The number of hydrogen-bond acceptors (Lipinski definition) is 4. The molecular formula is C25H23N3O2. The van der Waals surface area contributed by atoms with Crippen LogP contribution in [-0.2, 0) is 17.4 Å². The zero-order valence-corrected chi connectivity index (χ0v) is 17.5. The molecule has 2 aromatic heterocycles. The zero-order valence-electron chi connectivity index (χ0n) is 17.5. The summed E-state index contributed by atoms with van der Waals surface area (Å²) in [5.41, 5.74) is 5.25. The van der Waals surface area contributed by atoms with Gasteiger partial charge in [-0.15, -0.1) is 0 Å². The first-order chi connectivity index (χ1) is 14.4. The van der Waals surface area contributed by atoms with Gasteiger partial charge in [0, 0.05) is 66.3 Å². The van der Waals surface area contributed by atoms with E-state index >= 15 is 0 Å². The van der Waals surface area contributed by atoms with Crippen molar-refractivity contribution in [3.63, 3.8) is 0 Å². The maximum absolute atomic E-state index is 13.0. The standard InChI is InChI=1S/C25H23N3O2/c1-16-22(19-8-5-6-10-21(19)28(16)4)25(17-11-13-18(14-12-17)27(2)3)20-9-7-15-26-23(20)24(29)30-25/h5-15H,1-4H3.